The molecule has 0 aromatic heterocycles. The van der Waals surface area contributed by atoms with Gasteiger partial charge in [-0.1, -0.05) is 5.53 Å². The normalized spacial score (nSPS) is 7.12. The molecule has 0 aliphatic rings. The van der Waals surface area contributed by atoms with Gasteiger partial charge in [-0.2, -0.15) is 0 Å². The zero-order chi connectivity index (χ0) is 6.57. The van der Waals surface area contributed by atoms with E-state index in [0.29, 0.717) is 0 Å². The Bertz CT molecular complexity index is 131. The molecule has 0 fully saturated rings. The van der Waals surface area contributed by atoms with Crippen LogP contribution in [0.5, 0.6) is 0 Å². The molecular formula is HN5O3. The molecule has 0 rings (SSSR count). The quantitative estimate of drug-likeness (QED) is 0.182. The van der Waals surface area contributed by atoms with Crippen molar-refractivity contribution in [1.29, 1.82) is 0 Å². The van der Waals surface area contributed by atoms with Gasteiger partial charge < -0.3 is 10.1 Å². The van der Waals surface area contributed by atoms with E-state index in [1.165, 1.54) is 0 Å². The van der Waals surface area contributed by atoms with Crippen LogP contribution in [-0.4, -0.2) is 15.5 Å². The van der Waals surface area contributed by atoms with Gasteiger partial charge in [0.05, 0.1) is 4.91 Å². The minimum absolute atomic E-state index is 0.722. The minimum Gasteiger partial charge on any atom is -0.319 e. The van der Waals surface area contributed by atoms with Crippen LogP contribution in [0.15, 0.2) is 5.22 Å². The first-order chi connectivity index (χ1) is 3.68. The summed E-state index contributed by atoms with van der Waals surface area (Å²) in [4.78, 5) is 11.2. The second kappa shape index (κ2) is 2.61. The van der Waals surface area contributed by atoms with Gasteiger partial charge in [-0.05, 0) is 0 Å². The molecule has 0 aromatic carbocycles. The molecule has 0 bridgehead atoms. The van der Waals surface area contributed by atoms with Crippen LogP contribution in [0, 0.1) is 10.1 Å². The molecule has 0 aliphatic heterocycles. The van der Waals surface area contributed by atoms with Crippen LogP contribution >= 0.6 is 0 Å². The van der Waals surface area contributed by atoms with E-state index in [9.17, 15) is 10.1 Å². The molecule has 8 nitrogen and oxygen atoms in total. The second-order valence-electron chi connectivity index (χ2n) is 0.685. The van der Waals surface area contributed by atoms with Crippen molar-refractivity contribution in [3.63, 3.8) is 0 Å². The van der Waals surface area contributed by atoms with Crippen molar-refractivity contribution in [2.24, 2.45) is 5.22 Å². The van der Waals surface area contributed by atoms with Gasteiger partial charge >= 0.3 is 10.5 Å². The summed E-state index contributed by atoms with van der Waals surface area (Å²) >= 11 is 0. The Hall–Kier alpha value is -1.53. The predicted molar refractivity (Wildman–Crippen MR) is 19.8 cm³/mol. The zero-order valence-electron chi connectivity index (χ0n) is 3.50. The number of rotatable bonds is 2. The molecule has 0 saturated carbocycles. The highest BCUT2D eigenvalue weighted by Gasteiger charge is 2.18. The van der Waals surface area contributed by atoms with Crippen LogP contribution < -0.4 is 0 Å². The van der Waals surface area contributed by atoms with E-state index < -0.39 is 10.3 Å². The Labute approximate surface area is 42.6 Å². The lowest BCUT2D eigenvalue weighted by Gasteiger charge is -1.80. The molecule has 8 heteroatoms. The highest BCUT2D eigenvalue weighted by atomic mass is 16.8. The van der Waals surface area contributed by atoms with E-state index in [1.54, 1.807) is 0 Å². The first-order valence-electron chi connectivity index (χ1n) is 1.37. The third-order valence-corrected chi connectivity index (χ3v) is 0.266. The molecule has 0 unspecified atom stereocenters. The fraction of sp³-hybridized carbons (Fsp3) is 0. The molecule has 0 radical (unpaired) electrons. The number of nitro groups is 1. The van der Waals surface area contributed by atoms with Crippen molar-refractivity contribution in [2.75, 3.05) is 0 Å². The van der Waals surface area contributed by atoms with E-state index in [2.05, 4.69) is 5.22 Å². The molecule has 0 heterocycles. The number of hydrazine groups is 1. The van der Waals surface area contributed by atoms with Crippen molar-refractivity contribution < 1.29 is 10.2 Å². The summed E-state index contributed by atoms with van der Waals surface area (Å²) < 4.78 is 0. The molecule has 0 spiro atoms. The first-order valence-corrected chi connectivity index (χ1v) is 1.37. The van der Waals surface area contributed by atoms with Crippen LogP contribution in [0.2, 0.25) is 0 Å². The number of nitrogens with zero attached hydrogens (tertiary/aromatic N) is 5. The zero-order valence-corrected chi connectivity index (χ0v) is 3.50. The maximum atomic E-state index is 9.31. The standard InChI is InChI=1S/HN5O3/c1-2-3-4(6)5(7)8/h6H. The number of azide groups is 1. The summed E-state index contributed by atoms with van der Waals surface area (Å²) in [6.45, 7) is 0. The molecule has 1 N–H and O–H groups in total. The molecular weight excluding hydrogens is 118 g/mol. The van der Waals surface area contributed by atoms with Crippen LogP contribution in [0.25, 0.3) is 10.4 Å². The van der Waals surface area contributed by atoms with Crippen LogP contribution in [-0.2, 0) is 0 Å². The smallest absolute Gasteiger partial charge is 0.319 e. The van der Waals surface area contributed by atoms with Gasteiger partial charge in [0.15, 0.2) is 5.03 Å². The van der Waals surface area contributed by atoms with Crippen LogP contribution in [0.3, 0.4) is 0 Å². The van der Waals surface area contributed by atoms with Crippen LogP contribution in [0.1, 0.15) is 0 Å². The van der Waals surface area contributed by atoms with Gasteiger partial charge in [-0.15, -0.1) is 5.21 Å². The third kappa shape index (κ3) is 1.80. The van der Waals surface area contributed by atoms with Gasteiger partial charge in [0.25, 0.3) is 0 Å². The van der Waals surface area contributed by atoms with Gasteiger partial charge in [-0.25, -0.2) is 0 Å². The van der Waals surface area contributed by atoms with E-state index >= 15 is 0 Å². The predicted octanol–water partition coefficient (Wildman–Crippen LogP) is 0.0946. The summed E-state index contributed by atoms with van der Waals surface area (Å²) in [6, 6.07) is 0. The molecule has 8 heavy (non-hydrogen) atoms. The average molecular weight is 119 g/mol. The fourth-order valence-electron chi connectivity index (χ4n) is 0.0684. The molecule has 0 aliphatic carbocycles. The van der Waals surface area contributed by atoms with Gasteiger partial charge in [0.1, 0.15) is 0 Å². The minimum atomic E-state index is -1.28. The van der Waals surface area contributed by atoms with Crippen molar-refractivity contribution in [3.05, 3.63) is 20.6 Å². The highest BCUT2D eigenvalue weighted by molar-refractivity contribution is 4.29. The Kier molecular flexibility index (Phi) is 2.11. The van der Waals surface area contributed by atoms with Gasteiger partial charge in [0, 0.05) is 0 Å². The second-order valence-corrected chi connectivity index (χ2v) is 0.685. The Balaban J connectivity index is 3.82. The SMILES string of the molecule is [N-]=[N+]=NN(O)[N+](=O)[O-]. The topological polar surface area (TPSA) is 115 Å². The number of hydrogen-bond donors (Lipinski definition) is 1. The molecule has 44 valence electrons. The van der Waals surface area contributed by atoms with Crippen molar-refractivity contribution in [3.8, 4) is 0 Å². The van der Waals surface area contributed by atoms with E-state index in [0.717, 1.165) is 0 Å². The lowest BCUT2D eigenvalue weighted by Crippen LogP contribution is -2.18. The molecule has 0 saturated heterocycles. The maximum absolute atomic E-state index is 9.31. The van der Waals surface area contributed by atoms with Crippen molar-refractivity contribution >= 4 is 0 Å². The lowest BCUT2D eigenvalue weighted by atomic mass is 12.3. The average Bonchev–Trinajstić information content (AvgIpc) is 1.67. The molecule has 0 amide bonds. The maximum Gasteiger partial charge on any atom is 0.487 e. The monoisotopic (exact) mass is 119 g/mol. The first kappa shape index (κ1) is 6.47. The third-order valence-electron chi connectivity index (χ3n) is 0.266. The van der Waals surface area contributed by atoms with Gasteiger partial charge in [0.2, 0.25) is 0 Å². The van der Waals surface area contributed by atoms with Crippen molar-refractivity contribution in [2.45, 2.75) is 0 Å². The lowest BCUT2D eigenvalue weighted by molar-refractivity contribution is -0.731. The number of hydrogen-bond acceptors (Lipinski definition) is 4. The largest absolute Gasteiger partial charge is 0.487 e. The summed E-state index contributed by atoms with van der Waals surface area (Å²) in [5, 5.41) is 17.3. The Morgan fingerprint density at radius 1 is 2.00 bits per heavy atom. The highest BCUT2D eigenvalue weighted by Crippen LogP contribution is 1.80. The Morgan fingerprint density at radius 2 is 2.50 bits per heavy atom. The van der Waals surface area contributed by atoms with E-state index in [-0.39, 0.29) is 0 Å². The summed E-state index contributed by atoms with van der Waals surface area (Å²) in [7, 11) is 0. The molecule has 0 aromatic rings. The Morgan fingerprint density at radius 3 is 2.62 bits per heavy atom. The van der Waals surface area contributed by atoms with Crippen LogP contribution in [0.4, 0.5) is 0 Å². The van der Waals surface area contributed by atoms with Gasteiger partial charge in [-0.3, -0.25) is 0 Å². The van der Waals surface area contributed by atoms with Crippen molar-refractivity contribution in [1.82, 2.24) is 5.28 Å². The molecule has 0 atom stereocenters. The summed E-state index contributed by atoms with van der Waals surface area (Å²) in [5.74, 6) is 0. The summed E-state index contributed by atoms with van der Waals surface area (Å²) in [5.41, 5.74) is 7.44. The fourth-order valence-corrected chi connectivity index (χ4v) is 0.0684. The summed E-state index contributed by atoms with van der Waals surface area (Å²) in [6.07, 6.45) is 0. The van der Waals surface area contributed by atoms with E-state index in [1.807, 2.05) is 4.91 Å². The van der Waals surface area contributed by atoms with E-state index in [4.69, 9.17) is 10.7 Å².